The quantitative estimate of drug-likeness (QED) is 0.0388. The average molecular weight is 654 g/mol. The van der Waals surface area contributed by atoms with Crippen molar-refractivity contribution < 1.29 is 19.4 Å². The van der Waals surface area contributed by atoms with Crippen molar-refractivity contribution in [2.24, 2.45) is 0 Å². The van der Waals surface area contributed by atoms with Gasteiger partial charge in [0, 0.05) is 11.9 Å². The number of aryl methyl sites for hydroxylation is 3. The van der Waals surface area contributed by atoms with E-state index >= 15 is 0 Å². The Morgan fingerprint density at radius 2 is 1.83 bits per heavy atom. The number of thioether (sulfide) groups is 1. The normalized spacial score (nSPS) is 16.1. The van der Waals surface area contributed by atoms with E-state index in [0.717, 1.165) is 30.4 Å². The maximum Gasteiger partial charge on any atom is 0.301 e. The summed E-state index contributed by atoms with van der Waals surface area (Å²) in [5.41, 5.74) is 5.36. The number of amides is 1. The van der Waals surface area contributed by atoms with Crippen LogP contribution in [0, 0.1) is 20.8 Å². The third-order valence-electron chi connectivity index (χ3n) is 8.03. The summed E-state index contributed by atoms with van der Waals surface area (Å²) in [5.74, 6) is -0.635. The highest BCUT2D eigenvalue weighted by atomic mass is 32.2. The largest absolute Gasteiger partial charge is 0.505 e. The molecule has 0 aliphatic carbocycles. The molecule has 0 radical (unpaired) electrons. The van der Waals surface area contributed by atoms with Gasteiger partial charge in [0.05, 0.1) is 23.9 Å². The first-order valence-electron chi connectivity index (χ1n) is 15.3. The third kappa shape index (κ3) is 6.17. The Morgan fingerprint density at radius 1 is 1.02 bits per heavy atom. The Bertz CT molecular complexity index is 1950. The van der Waals surface area contributed by atoms with E-state index in [9.17, 15) is 14.7 Å². The van der Waals surface area contributed by atoms with Crippen molar-refractivity contribution in [3.8, 4) is 5.75 Å². The molecule has 5 aromatic rings. The number of ketones is 1. The van der Waals surface area contributed by atoms with Gasteiger partial charge >= 0.3 is 5.91 Å². The molecule has 1 N–H and O–H groups in total. The van der Waals surface area contributed by atoms with Crippen LogP contribution in [0.2, 0.25) is 0 Å². The number of ether oxygens (including phenoxy) is 1. The van der Waals surface area contributed by atoms with Gasteiger partial charge in [-0.1, -0.05) is 90.9 Å². The number of unbranched alkanes of at least 4 members (excludes halogenated alkanes) is 2. The number of benzene rings is 2. The minimum atomic E-state index is -0.965. The summed E-state index contributed by atoms with van der Waals surface area (Å²) >= 11 is 2.75. The van der Waals surface area contributed by atoms with E-state index in [2.05, 4.69) is 41.4 Å². The molecule has 236 valence electrons. The lowest BCUT2D eigenvalue weighted by atomic mass is 9.96. The topological polar surface area (TPSA) is 110 Å². The Labute approximate surface area is 276 Å². The number of rotatable bonds is 11. The lowest BCUT2D eigenvalue weighted by molar-refractivity contribution is -0.132. The molecule has 1 aliphatic rings. The Balaban J connectivity index is 1.41. The molecule has 1 atom stereocenters. The molecule has 11 heteroatoms. The number of pyridine rings is 1. The molecule has 6 rings (SSSR count). The fourth-order valence-corrected chi connectivity index (χ4v) is 7.35. The van der Waals surface area contributed by atoms with Crippen LogP contribution in [-0.4, -0.2) is 43.0 Å². The third-order valence-corrected chi connectivity index (χ3v) is 10.2. The van der Waals surface area contributed by atoms with E-state index in [0.29, 0.717) is 39.4 Å². The van der Waals surface area contributed by atoms with Crippen LogP contribution >= 0.6 is 23.1 Å². The van der Waals surface area contributed by atoms with Crippen molar-refractivity contribution in [2.75, 3.05) is 11.5 Å². The molecular weight excluding hydrogens is 619 g/mol. The highest BCUT2D eigenvalue weighted by molar-refractivity contribution is 8.00. The molecule has 1 saturated heterocycles. The SMILES string of the molecule is CCCCCOc1cccc(C2C(=C(O)c3nc4c(C)cccn4c3C)C(=O)C(=O)N2c2nnc(SCc3ccc(C)cc3)s2)c1. The van der Waals surface area contributed by atoms with E-state index < -0.39 is 17.7 Å². The summed E-state index contributed by atoms with van der Waals surface area (Å²) in [5, 5.41) is 20.8. The van der Waals surface area contributed by atoms with E-state index in [1.54, 1.807) is 0 Å². The molecule has 0 spiro atoms. The predicted octanol–water partition coefficient (Wildman–Crippen LogP) is 7.60. The van der Waals surface area contributed by atoms with Gasteiger partial charge in [0.1, 0.15) is 17.1 Å². The molecule has 0 bridgehead atoms. The molecule has 46 heavy (non-hydrogen) atoms. The summed E-state index contributed by atoms with van der Waals surface area (Å²) in [6.45, 7) is 8.49. The number of anilines is 1. The molecule has 3 aromatic heterocycles. The minimum Gasteiger partial charge on any atom is -0.505 e. The van der Waals surface area contributed by atoms with E-state index in [1.807, 2.05) is 67.8 Å². The van der Waals surface area contributed by atoms with Crippen molar-refractivity contribution >= 4 is 51.3 Å². The molecule has 4 heterocycles. The number of aliphatic hydroxyl groups is 1. The molecule has 1 fully saturated rings. The number of aromatic nitrogens is 4. The van der Waals surface area contributed by atoms with Gasteiger partial charge in [0.15, 0.2) is 10.1 Å². The second kappa shape index (κ2) is 13.5. The van der Waals surface area contributed by atoms with Gasteiger partial charge < -0.3 is 14.2 Å². The van der Waals surface area contributed by atoms with Crippen LogP contribution in [0.5, 0.6) is 5.75 Å². The molecule has 1 amide bonds. The first-order valence-corrected chi connectivity index (χ1v) is 17.1. The van der Waals surface area contributed by atoms with Crippen molar-refractivity contribution in [1.29, 1.82) is 0 Å². The number of hydrogen-bond acceptors (Lipinski definition) is 9. The molecule has 9 nitrogen and oxygen atoms in total. The van der Waals surface area contributed by atoms with Gasteiger partial charge in [-0.05, 0) is 62.1 Å². The standard InChI is InChI=1S/C35H35N5O4S2/c1-5-6-7-18-44-26-12-8-11-25(19-26)29-27(30(41)28-23(4)39-17-9-10-22(3)32(39)36-28)31(42)33(43)40(29)34-37-38-35(46-34)45-20-24-15-13-21(2)14-16-24/h8-17,19,29,41H,5-7,18,20H2,1-4H3. The maximum atomic E-state index is 13.8. The molecule has 1 unspecified atom stereocenters. The van der Waals surface area contributed by atoms with Crippen LogP contribution in [-0.2, 0) is 15.3 Å². The van der Waals surface area contributed by atoms with Gasteiger partial charge in [0.2, 0.25) is 5.13 Å². The first-order chi connectivity index (χ1) is 22.3. The molecular formula is C35H35N5O4S2. The van der Waals surface area contributed by atoms with E-state index in [-0.39, 0.29) is 22.2 Å². The number of aliphatic hydroxyl groups excluding tert-OH is 1. The van der Waals surface area contributed by atoms with E-state index in [4.69, 9.17) is 9.72 Å². The van der Waals surface area contributed by atoms with Crippen molar-refractivity contribution in [1.82, 2.24) is 19.6 Å². The molecule has 1 aliphatic heterocycles. The van der Waals surface area contributed by atoms with Crippen LogP contribution in [0.4, 0.5) is 5.13 Å². The van der Waals surface area contributed by atoms with Gasteiger partial charge in [-0.3, -0.25) is 14.5 Å². The van der Waals surface area contributed by atoms with Crippen molar-refractivity contribution in [3.05, 3.63) is 106 Å². The van der Waals surface area contributed by atoms with E-state index in [1.165, 1.54) is 33.6 Å². The number of fused-ring (bicyclic) bond motifs is 1. The maximum absolute atomic E-state index is 13.8. The van der Waals surface area contributed by atoms with Crippen LogP contribution in [0.1, 0.15) is 65.9 Å². The van der Waals surface area contributed by atoms with Crippen LogP contribution in [0.3, 0.4) is 0 Å². The zero-order valence-electron chi connectivity index (χ0n) is 26.2. The summed E-state index contributed by atoms with van der Waals surface area (Å²) in [6, 6.07) is 18.5. The van der Waals surface area contributed by atoms with Gasteiger partial charge in [-0.15, -0.1) is 10.2 Å². The van der Waals surface area contributed by atoms with Crippen LogP contribution < -0.4 is 9.64 Å². The monoisotopic (exact) mass is 653 g/mol. The Kier molecular flexibility index (Phi) is 9.23. The van der Waals surface area contributed by atoms with Gasteiger partial charge in [-0.25, -0.2) is 4.98 Å². The fourth-order valence-electron chi connectivity index (χ4n) is 5.52. The summed E-state index contributed by atoms with van der Waals surface area (Å²) < 4.78 is 8.56. The second-order valence-corrected chi connectivity index (χ2v) is 13.5. The van der Waals surface area contributed by atoms with Crippen molar-refractivity contribution in [3.63, 3.8) is 0 Å². The minimum absolute atomic E-state index is 0.0543. The second-order valence-electron chi connectivity index (χ2n) is 11.4. The summed E-state index contributed by atoms with van der Waals surface area (Å²) in [6.07, 6.45) is 4.90. The summed E-state index contributed by atoms with van der Waals surface area (Å²) in [7, 11) is 0. The number of imidazole rings is 1. The molecule has 2 aromatic carbocycles. The number of nitrogens with zero attached hydrogens (tertiary/aromatic N) is 5. The number of Topliss-reactive ketones (excluding diaryl/α,β-unsaturated/α-hetero) is 1. The number of hydrogen-bond donors (Lipinski definition) is 1. The van der Waals surface area contributed by atoms with Crippen molar-refractivity contribution in [2.45, 2.75) is 63.1 Å². The van der Waals surface area contributed by atoms with Gasteiger partial charge in [0.25, 0.3) is 5.78 Å². The van der Waals surface area contributed by atoms with Crippen LogP contribution in [0.25, 0.3) is 11.4 Å². The predicted molar refractivity (Wildman–Crippen MR) is 182 cm³/mol. The highest BCUT2D eigenvalue weighted by Crippen LogP contribution is 2.45. The zero-order chi connectivity index (χ0) is 32.4. The Morgan fingerprint density at radius 3 is 2.59 bits per heavy atom. The average Bonchev–Trinajstić information content (AvgIpc) is 3.74. The first kappa shape index (κ1) is 31.5. The van der Waals surface area contributed by atoms with Crippen LogP contribution in [0.15, 0.2) is 76.8 Å². The lowest BCUT2D eigenvalue weighted by Gasteiger charge is -2.23. The lowest BCUT2D eigenvalue weighted by Crippen LogP contribution is -2.29. The van der Waals surface area contributed by atoms with Gasteiger partial charge in [-0.2, -0.15) is 0 Å². The Hall–Kier alpha value is -4.48. The summed E-state index contributed by atoms with van der Waals surface area (Å²) in [4.78, 5) is 33.7. The molecule has 0 saturated carbocycles. The smallest absolute Gasteiger partial charge is 0.301 e. The number of carbonyl (C=O) groups excluding carboxylic acids is 2. The number of carbonyl (C=O) groups is 2. The fraction of sp³-hybridized carbons (Fsp3) is 0.286. The highest BCUT2D eigenvalue weighted by Gasteiger charge is 2.49. The zero-order valence-corrected chi connectivity index (χ0v) is 27.8.